The molecule has 1 aliphatic rings. The summed E-state index contributed by atoms with van der Waals surface area (Å²) < 4.78 is 0. The average Bonchev–Trinajstić information content (AvgIpc) is 2.89. The molecule has 0 saturated heterocycles. The Morgan fingerprint density at radius 2 is 2.38 bits per heavy atom. The van der Waals surface area contributed by atoms with Crippen LogP contribution >= 0.6 is 22.9 Å². The van der Waals surface area contributed by atoms with Crippen molar-refractivity contribution in [3.8, 4) is 0 Å². The zero-order valence-corrected chi connectivity index (χ0v) is 10.2. The van der Waals surface area contributed by atoms with E-state index in [0.717, 1.165) is 23.0 Å². The summed E-state index contributed by atoms with van der Waals surface area (Å²) in [5, 5.41) is 7.27. The minimum absolute atomic E-state index is 0.387. The largest absolute Gasteiger partial charge is 0.355 e. The van der Waals surface area contributed by atoms with E-state index in [4.69, 9.17) is 11.6 Å². The van der Waals surface area contributed by atoms with Gasteiger partial charge >= 0.3 is 0 Å². The van der Waals surface area contributed by atoms with Gasteiger partial charge in [0.15, 0.2) is 5.13 Å². The van der Waals surface area contributed by atoms with Crippen molar-refractivity contribution in [1.82, 2.24) is 4.98 Å². The van der Waals surface area contributed by atoms with E-state index in [2.05, 4.69) is 22.4 Å². The molecule has 1 aliphatic carbocycles. The fourth-order valence-electron chi connectivity index (χ4n) is 2.18. The van der Waals surface area contributed by atoms with Crippen LogP contribution in [0.1, 0.15) is 23.6 Å². The molecule has 0 spiro atoms. The highest BCUT2D eigenvalue weighted by Crippen LogP contribution is 2.35. The summed E-state index contributed by atoms with van der Waals surface area (Å²) in [4.78, 5) is 4.25. The Labute approximate surface area is 103 Å². The van der Waals surface area contributed by atoms with Gasteiger partial charge in [0.1, 0.15) is 0 Å². The number of thiazole rings is 1. The van der Waals surface area contributed by atoms with Gasteiger partial charge < -0.3 is 5.32 Å². The fourth-order valence-corrected chi connectivity index (χ4v) is 2.96. The Morgan fingerprint density at radius 3 is 3.19 bits per heavy atom. The van der Waals surface area contributed by atoms with Crippen molar-refractivity contribution >= 4 is 28.1 Å². The van der Waals surface area contributed by atoms with Crippen LogP contribution in [0.5, 0.6) is 0 Å². The molecule has 0 aliphatic heterocycles. The van der Waals surface area contributed by atoms with Crippen molar-refractivity contribution in [3.05, 3.63) is 45.9 Å². The molecule has 0 radical (unpaired) electrons. The van der Waals surface area contributed by atoms with Gasteiger partial charge in [-0.2, -0.15) is 0 Å². The van der Waals surface area contributed by atoms with Crippen LogP contribution in [0.15, 0.2) is 29.8 Å². The fraction of sp³-hybridized carbons (Fsp3) is 0.250. The molecule has 0 fully saturated rings. The maximum absolute atomic E-state index is 5.98. The molecule has 1 heterocycles. The number of halogens is 1. The first-order chi connectivity index (χ1) is 7.83. The van der Waals surface area contributed by atoms with E-state index in [0.29, 0.717) is 6.04 Å². The summed E-state index contributed by atoms with van der Waals surface area (Å²) in [6.07, 6.45) is 4.04. The molecular formula is C12H11ClN2S. The van der Waals surface area contributed by atoms with Crippen molar-refractivity contribution in [1.29, 1.82) is 0 Å². The summed E-state index contributed by atoms with van der Waals surface area (Å²) in [5.74, 6) is 0. The third-order valence-electron chi connectivity index (χ3n) is 2.91. The molecule has 1 N–H and O–H groups in total. The van der Waals surface area contributed by atoms with Gasteiger partial charge in [-0.1, -0.05) is 17.7 Å². The zero-order valence-electron chi connectivity index (χ0n) is 8.61. The Bertz CT molecular complexity index is 496. The highest BCUT2D eigenvalue weighted by molar-refractivity contribution is 7.13. The monoisotopic (exact) mass is 250 g/mol. The van der Waals surface area contributed by atoms with Crippen molar-refractivity contribution in [2.45, 2.75) is 18.9 Å². The van der Waals surface area contributed by atoms with Crippen molar-refractivity contribution in [2.75, 3.05) is 5.32 Å². The van der Waals surface area contributed by atoms with Gasteiger partial charge in [0.25, 0.3) is 0 Å². The Kier molecular flexibility index (Phi) is 2.58. The first kappa shape index (κ1) is 10.1. The lowest BCUT2D eigenvalue weighted by Crippen LogP contribution is -2.06. The van der Waals surface area contributed by atoms with E-state index in [1.165, 1.54) is 11.1 Å². The molecule has 2 aromatic rings. The van der Waals surface area contributed by atoms with Crippen LogP contribution in [0.4, 0.5) is 5.13 Å². The number of hydrogen-bond donors (Lipinski definition) is 1. The molecule has 4 heteroatoms. The minimum Gasteiger partial charge on any atom is -0.355 e. The van der Waals surface area contributed by atoms with Crippen molar-refractivity contribution < 1.29 is 0 Å². The normalized spacial score (nSPS) is 18.4. The Morgan fingerprint density at radius 1 is 1.44 bits per heavy atom. The van der Waals surface area contributed by atoms with E-state index in [-0.39, 0.29) is 0 Å². The molecule has 0 saturated carbocycles. The number of aromatic nitrogens is 1. The number of benzene rings is 1. The van der Waals surface area contributed by atoms with Gasteiger partial charge in [0.2, 0.25) is 0 Å². The number of fused-ring (bicyclic) bond motifs is 1. The summed E-state index contributed by atoms with van der Waals surface area (Å²) in [6.45, 7) is 0. The molecule has 1 unspecified atom stereocenters. The smallest absolute Gasteiger partial charge is 0.183 e. The first-order valence-electron chi connectivity index (χ1n) is 5.27. The number of anilines is 1. The van der Waals surface area contributed by atoms with Crippen LogP contribution < -0.4 is 5.32 Å². The van der Waals surface area contributed by atoms with Gasteiger partial charge in [0, 0.05) is 16.6 Å². The second kappa shape index (κ2) is 4.07. The van der Waals surface area contributed by atoms with Gasteiger partial charge in [-0.05, 0) is 36.1 Å². The topological polar surface area (TPSA) is 24.9 Å². The molecule has 82 valence electrons. The van der Waals surface area contributed by atoms with Crippen LogP contribution in [0, 0.1) is 0 Å². The zero-order chi connectivity index (χ0) is 11.0. The molecule has 1 aromatic carbocycles. The molecule has 0 amide bonds. The van der Waals surface area contributed by atoms with Gasteiger partial charge in [-0.15, -0.1) is 11.3 Å². The molecule has 1 aromatic heterocycles. The molecule has 3 rings (SSSR count). The number of aryl methyl sites for hydroxylation is 1. The van der Waals surface area contributed by atoms with Gasteiger partial charge in [-0.25, -0.2) is 4.98 Å². The average molecular weight is 251 g/mol. The second-order valence-corrected chi connectivity index (χ2v) is 5.25. The quantitative estimate of drug-likeness (QED) is 0.875. The van der Waals surface area contributed by atoms with E-state index < -0.39 is 0 Å². The molecule has 2 nitrogen and oxygen atoms in total. The summed E-state index contributed by atoms with van der Waals surface area (Å²) >= 11 is 7.62. The van der Waals surface area contributed by atoms with Crippen LogP contribution in [0.3, 0.4) is 0 Å². The van der Waals surface area contributed by atoms with E-state index in [1.807, 2.05) is 17.6 Å². The van der Waals surface area contributed by atoms with Gasteiger partial charge in [-0.3, -0.25) is 0 Å². The lowest BCUT2D eigenvalue weighted by atomic mass is 10.1. The summed E-state index contributed by atoms with van der Waals surface area (Å²) in [5.41, 5.74) is 2.72. The Hall–Kier alpha value is -1.06. The maximum atomic E-state index is 5.98. The lowest BCUT2D eigenvalue weighted by molar-refractivity contribution is 0.761. The van der Waals surface area contributed by atoms with Crippen LogP contribution in [0.25, 0.3) is 0 Å². The highest BCUT2D eigenvalue weighted by atomic mass is 35.5. The minimum atomic E-state index is 0.387. The van der Waals surface area contributed by atoms with Gasteiger partial charge in [0.05, 0.1) is 6.04 Å². The summed E-state index contributed by atoms with van der Waals surface area (Å²) in [7, 11) is 0. The lowest BCUT2D eigenvalue weighted by Gasteiger charge is -2.12. The number of nitrogens with zero attached hydrogens (tertiary/aromatic N) is 1. The number of hydrogen-bond acceptors (Lipinski definition) is 3. The standard InChI is InChI=1S/C12H11ClN2S/c13-9-2-3-10-8(7-9)1-4-11(10)15-12-14-5-6-16-12/h2-3,5-7,11H,1,4H2,(H,14,15). The highest BCUT2D eigenvalue weighted by Gasteiger charge is 2.22. The van der Waals surface area contributed by atoms with E-state index >= 15 is 0 Å². The van der Waals surface area contributed by atoms with Crippen LogP contribution in [-0.4, -0.2) is 4.98 Å². The maximum Gasteiger partial charge on any atom is 0.183 e. The van der Waals surface area contributed by atoms with E-state index in [1.54, 1.807) is 11.3 Å². The molecule has 0 bridgehead atoms. The molecule has 16 heavy (non-hydrogen) atoms. The predicted octanol–water partition coefficient (Wildman–Crippen LogP) is 3.90. The third-order valence-corrected chi connectivity index (χ3v) is 3.85. The third kappa shape index (κ3) is 1.81. The molecular weight excluding hydrogens is 240 g/mol. The van der Waals surface area contributed by atoms with Crippen LogP contribution in [0.2, 0.25) is 5.02 Å². The first-order valence-corrected chi connectivity index (χ1v) is 6.53. The van der Waals surface area contributed by atoms with Crippen molar-refractivity contribution in [3.63, 3.8) is 0 Å². The number of rotatable bonds is 2. The SMILES string of the molecule is Clc1ccc2c(c1)CCC2Nc1nccs1. The molecule has 1 atom stereocenters. The Balaban J connectivity index is 1.86. The predicted molar refractivity (Wildman–Crippen MR) is 68.3 cm³/mol. The van der Waals surface area contributed by atoms with Crippen LogP contribution in [-0.2, 0) is 6.42 Å². The van der Waals surface area contributed by atoms with E-state index in [9.17, 15) is 0 Å². The van der Waals surface area contributed by atoms with Crippen molar-refractivity contribution in [2.24, 2.45) is 0 Å². The second-order valence-electron chi connectivity index (χ2n) is 3.92. The summed E-state index contributed by atoms with van der Waals surface area (Å²) in [6, 6.07) is 6.54. The number of nitrogens with one attached hydrogen (secondary N) is 1.